The van der Waals surface area contributed by atoms with Gasteiger partial charge in [-0.05, 0) is 25.0 Å². The van der Waals surface area contributed by atoms with Crippen LogP contribution in [0, 0.1) is 17.0 Å². The van der Waals surface area contributed by atoms with Crippen LogP contribution in [-0.2, 0) is 26.1 Å². The summed E-state index contributed by atoms with van der Waals surface area (Å²) in [4.78, 5) is 27.4. The number of aryl methyl sites for hydroxylation is 1. The summed E-state index contributed by atoms with van der Waals surface area (Å²) < 4.78 is 43.0. The maximum Gasteiger partial charge on any atom is 0.344 e. The van der Waals surface area contributed by atoms with Gasteiger partial charge in [0.05, 0.1) is 12.7 Å². The number of nitrogens with zero attached hydrogens (tertiary/aromatic N) is 3. The topological polar surface area (TPSA) is 92.5 Å². The van der Waals surface area contributed by atoms with Crippen LogP contribution in [0.15, 0.2) is 18.2 Å². The fraction of sp³-hybridized carbons (Fsp3) is 0.412. The molecule has 0 amide bonds. The lowest BCUT2D eigenvalue weighted by Crippen LogP contribution is -2.26. The third-order valence-corrected chi connectivity index (χ3v) is 4.22. The molecule has 0 N–H and O–H groups in total. The molecule has 8 nitrogen and oxygen atoms in total. The Kier molecular flexibility index (Phi) is 5.06. The first-order chi connectivity index (χ1) is 12.8. The van der Waals surface area contributed by atoms with E-state index < -0.39 is 35.6 Å². The maximum absolute atomic E-state index is 13.9. The summed E-state index contributed by atoms with van der Waals surface area (Å²) in [6.07, 6.45) is 1.20. The van der Waals surface area contributed by atoms with Crippen molar-refractivity contribution in [3.63, 3.8) is 0 Å². The number of carbonyl (C=O) groups excluding carboxylic acids is 2. The molecule has 27 heavy (non-hydrogen) atoms. The van der Waals surface area contributed by atoms with Gasteiger partial charge in [-0.25, -0.2) is 18.3 Å². The molecule has 3 rings (SSSR count). The van der Waals surface area contributed by atoms with Gasteiger partial charge in [0.25, 0.3) is 0 Å². The van der Waals surface area contributed by atoms with Gasteiger partial charge in [0.1, 0.15) is 23.7 Å². The lowest BCUT2D eigenvalue weighted by Gasteiger charge is -2.12. The molecule has 1 aromatic heterocycles. The molecule has 1 aliphatic carbocycles. The standard InChI is InChI=1S/C17H17F2N3O5/c1-22-14(11-4-3-10(18)7-12(11)19)20-16(21-22)26-8-13(23)27-9-17(5-6-17)15(24)25-2/h3-4,7H,5-6,8-9H2,1-2H3. The highest BCUT2D eigenvalue weighted by molar-refractivity contribution is 5.80. The zero-order valence-electron chi connectivity index (χ0n) is 14.7. The van der Waals surface area contributed by atoms with Crippen molar-refractivity contribution in [2.24, 2.45) is 12.5 Å². The molecule has 1 aromatic carbocycles. The Bertz CT molecular complexity index is 879. The molecule has 1 saturated carbocycles. The lowest BCUT2D eigenvalue weighted by molar-refractivity contribution is -0.156. The molecule has 0 saturated heterocycles. The summed E-state index contributed by atoms with van der Waals surface area (Å²) in [5.74, 6) is -2.51. The number of benzene rings is 1. The summed E-state index contributed by atoms with van der Waals surface area (Å²) in [5.41, 5.74) is -0.710. The fourth-order valence-electron chi connectivity index (χ4n) is 2.49. The molecule has 10 heteroatoms. The Morgan fingerprint density at radius 2 is 2.04 bits per heavy atom. The second kappa shape index (κ2) is 7.29. The van der Waals surface area contributed by atoms with Gasteiger partial charge in [0.2, 0.25) is 0 Å². The van der Waals surface area contributed by atoms with E-state index in [0.29, 0.717) is 12.8 Å². The molecule has 144 valence electrons. The molecule has 0 aliphatic heterocycles. The number of halogens is 2. The van der Waals surface area contributed by atoms with Crippen LogP contribution in [0.25, 0.3) is 11.4 Å². The van der Waals surface area contributed by atoms with E-state index >= 15 is 0 Å². The SMILES string of the molecule is COC(=O)C1(COC(=O)COc2nc(-c3ccc(F)cc3F)n(C)n2)CC1. The second-order valence-corrected chi connectivity index (χ2v) is 6.19. The third kappa shape index (κ3) is 4.04. The molecule has 0 bridgehead atoms. The monoisotopic (exact) mass is 381 g/mol. The van der Waals surface area contributed by atoms with Crippen LogP contribution in [-0.4, -0.2) is 47.0 Å². The van der Waals surface area contributed by atoms with E-state index in [2.05, 4.69) is 14.8 Å². The molecule has 0 unspecified atom stereocenters. The number of aromatic nitrogens is 3. The normalized spacial score (nSPS) is 14.5. The van der Waals surface area contributed by atoms with Crippen molar-refractivity contribution in [1.29, 1.82) is 0 Å². The first-order valence-corrected chi connectivity index (χ1v) is 8.08. The lowest BCUT2D eigenvalue weighted by atomic mass is 10.1. The fourth-order valence-corrected chi connectivity index (χ4v) is 2.49. The molecule has 1 heterocycles. The van der Waals surface area contributed by atoms with Crippen LogP contribution in [0.5, 0.6) is 6.01 Å². The van der Waals surface area contributed by atoms with E-state index in [1.165, 1.54) is 24.9 Å². The number of carbonyl (C=O) groups is 2. The maximum atomic E-state index is 13.9. The van der Waals surface area contributed by atoms with Crippen molar-refractivity contribution in [2.45, 2.75) is 12.8 Å². The Morgan fingerprint density at radius 1 is 1.30 bits per heavy atom. The zero-order valence-corrected chi connectivity index (χ0v) is 14.7. The summed E-state index contributed by atoms with van der Waals surface area (Å²) in [7, 11) is 2.78. The van der Waals surface area contributed by atoms with Gasteiger partial charge in [-0.3, -0.25) is 4.79 Å². The Morgan fingerprint density at radius 3 is 2.67 bits per heavy atom. The number of hydrogen-bond acceptors (Lipinski definition) is 7. The first kappa shape index (κ1) is 18.7. The summed E-state index contributed by atoms with van der Waals surface area (Å²) in [6.45, 7) is -0.559. The van der Waals surface area contributed by atoms with Crippen molar-refractivity contribution < 1.29 is 32.6 Å². The predicted molar refractivity (Wildman–Crippen MR) is 86.5 cm³/mol. The molecule has 1 fully saturated rings. The molecular formula is C17H17F2N3O5. The highest BCUT2D eigenvalue weighted by Gasteiger charge is 2.52. The van der Waals surface area contributed by atoms with Crippen molar-refractivity contribution in [3.8, 4) is 17.4 Å². The molecule has 1 aliphatic rings. The van der Waals surface area contributed by atoms with Crippen LogP contribution >= 0.6 is 0 Å². The van der Waals surface area contributed by atoms with Gasteiger partial charge in [-0.1, -0.05) is 0 Å². The number of ether oxygens (including phenoxy) is 3. The minimum Gasteiger partial charge on any atom is -0.468 e. The number of rotatable bonds is 7. The second-order valence-electron chi connectivity index (χ2n) is 6.19. The van der Waals surface area contributed by atoms with E-state index in [4.69, 9.17) is 9.47 Å². The zero-order chi connectivity index (χ0) is 19.6. The third-order valence-electron chi connectivity index (χ3n) is 4.22. The molecule has 0 atom stereocenters. The van der Waals surface area contributed by atoms with Crippen molar-refractivity contribution in [2.75, 3.05) is 20.3 Å². The van der Waals surface area contributed by atoms with Crippen LogP contribution in [0.1, 0.15) is 12.8 Å². The Balaban J connectivity index is 1.57. The number of esters is 2. The minimum absolute atomic E-state index is 0.0394. The Labute approximate surface area is 153 Å². The van der Waals surface area contributed by atoms with Crippen LogP contribution in [0.2, 0.25) is 0 Å². The van der Waals surface area contributed by atoms with Gasteiger partial charge in [-0.2, -0.15) is 4.98 Å². The average molecular weight is 381 g/mol. The summed E-state index contributed by atoms with van der Waals surface area (Å²) in [5, 5.41) is 3.93. The van der Waals surface area contributed by atoms with E-state index in [1.54, 1.807) is 0 Å². The quantitative estimate of drug-likeness (QED) is 0.673. The van der Waals surface area contributed by atoms with Gasteiger partial charge in [0.15, 0.2) is 12.4 Å². The highest BCUT2D eigenvalue weighted by Crippen LogP contribution is 2.46. The van der Waals surface area contributed by atoms with E-state index in [0.717, 1.165) is 12.1 Å². The van der Waals surface area contributed by atoms with Gasteiger partial charge in [-0.15, -0.1) is 5.10 Å². The Hall–Kier alpha value is -3.04. The smallest absolute Gasteiger partial charge is 0.344 e. The summed E-state index contributed by atoms with van der Waals surface area (Å²) in [6, 6.07) is 2.90. The number of methoxy groups -OCH3 is 1. The van der Waals surface area contributed by atoms with E-state index in [-0.39, 0.29) is 24.0 Å². The van der Waals surface area contributed by atoms with Gasteiger partial charge < -0.3 is 14.2 Å². The minimum atomic E-state index is -0.797. The van der Waals surface area contributed by atoms with E-state index in [9.17, 15) is 18.4 Å². The van der Waals surface area contributed by atoms with Crippen molar-refractivity contribution in [3.05, 3.63) is 29.8 Å². The van der Waals surface area contributed by atoms with Crippen molar-refractivity contribution >= 4 is 11.9 Å². The molecule has 0 spiro atoms. The van der Waals surface area contributed by atoms with Gasteiger partial charge >= 0.3 is 17.9 Å². The first-order valence-electron chi connectivity index (χ1n) is 8.08. The molecule has 0 radical (unpaired) electrons. The van der Waals surface area contributed by atoms with Crippen LogP contribution in [0.4, 0.5) is 8.78 Å². The summed E-state index contributed by atoms with van der Waals surface area (Å²) >= 11 is 0. The highest BCUT2D eigenvalue weighted by atomic mass is 19.1. The van der Waals surface area contributed by atoms with Crippen LogP contribution < -0.4 is 4.74 Å². The predicted octanol–water partition coefficient (Wildman–Crippen LogP) is 1.64. The largest absolute Gasteiger partial charge is 0.468 e. The van der Waals surface area contributed by atoms with E-state index in [1.807, 2.05) is 0 Å². The van der Waals surface area contributed by atoms with Crippen LogP contribution in [0.3, 0.4) is 0 Å². The number of hydrogen-bond donors (Lipinski definition) is 0. The molecular weight excluding hydrogens is 364 g/mol. The molecule has 2 aromatic rings. The van der Waals surface area contributed by atoms with Crippen molar-refractivity contribution in [1.82, 2.24) is 14.8 Å². The average Bonchev–Trinajstić information content (AvgIpc) is 3.35. The van der Waals surface area contributed by atoms with Gasteiger partial charge in [0, 0.05) is 13.1 Å².